The number of carbonyl (C=O) groups is 1. The third-order valence-corrected chi connectivity index (χ3v) is 3.07. The van der Waals surface area contributed by atoms with Gasteiger partial charge in [0.25, 0.3) is 0 Å². The van der Waals surface area contributed by atoms with Crippen LogP contribution >= 0.6 is 11.3 Å². The van der Waals surface area contributed by atoms with Crippen LogP contribution in [0, 0.1) is 0 Å². The molecule has 0 aliphatic carbocycles. The number of imidazole rings is 1. The highest BCUT2D eigenvalue weighted by Gasteiger charge is 2.41. The first-order valence-electron chi connectivity index (χ1n) is 4.53. The Morgan fingerprint density at radius 2 is 2.18 bits per heavy atom. The van der Waals surface area contributed by atoms with Gasteiger partial charge in [-0.25, -0.2) is 9.78 Å². The van der Waals surface area contributed by atoms with Crippen LogP contribution in [-0.4, -0.2) is 25.7 Å². The van der Waals surface area contributed by atoms with Crippen LogP contribution in [0.4, 0.5) is 13.2 Å². The Labute approximate surface area is 96.5 Å². The largest absolute Gasteiger partial charge is 0.476 e. The molecule has 9 heteroatoms. The molecule has 17 heavy (non-hydrogen) atoms. The van der Waals surface area contributed by atoms with Gasteiger partial charge in [-0.3, -0.25) is 0 Å². The first-order chi connectivity index (χ1) is 7.84. The minimum Gasteiger partial charge on any atom is -0.476 e. The van der Waals surface area contributed by atoms with Crippen molar-refractivity contribution in [3.63, 3.8) is 0 Å². The number of aromatic carboxylic acids is 1. The summed E-state index contributed by atoms with van der Waals surface area (Å²) in [6, 6.07) is 0. The maximum absolute atomic E-state index is 12.5. The third-order valence-electron chi connectivity index (χ3n) is 2.02. The van der Waals surface area contributed by atoms with Crippen LogP contribution in [0.2, 0.25) is 0 Å². The molecule has 0 atom stereocenters. The molecule has 0 fully saturated rings. The number of carboxylic acid groups (broad SMARTS) is 1. The molecule has 0 saturated carbocycles. The van der Waals surface area contributed by atoms with Crippen molar-refractivity contribution < 1.29 is 23.1 Å². The van der Waals surface area contributed by atoms with Gasteiger partial charge in [0.2, 0.25) is 4.96 Å². The summed E-state index contributed by atoms with van der Waals surface area (Å²) < 4.78 is 38.4. The number of aromatic nitrogens is 3. The van der Waals surface area contributed by atoms with E-state index in [-0.39, 0.29) is 4.96 Å². The molecule has 0 spiro atoms. The van der Waals surface area contributed by atoms with Gasteiger partial charge in [-0.05, 0) is 6.42 Å². The van der Waals surface area contributed by atoms with Gasteiger partial charge in [0, 0.05) is 0 Å². The molecule has 0 amide bonds. The van der Waals surface area contributed by atoms with Crippen LogP contribution < -0.4 is 0 Å². The minimum absolute atomic E-state index is 0.0634. The van der Waals surface area contributed by atoms with Crippen LogP contribution in [0.3, 0.4) is 0 Å². The Kier molecular flexibility index (Phi) is 2.57. The molecule has 2 heterocycles. The highest BCUT2D eigenvalue weighted by atomic mass is 32.1. The van der Waals surface area contributed by atoms with Gasteiger partial charge in [0.05, 0.1) is 0 Å². The van der Waals surface area contributed by atoms with E-state index in [9.17, 15) is 18.0 Å². The third kappa shape index (κ3) is 1.86. The number of rotatable bonds is 2. The second-order valence-electron chi connectivity index (χ2n) is 3.16. The van der Waals surface area contributed by atoms with E-state index >= 15 is 0 Å². The number of carboxylic acids is 1. The van der Waals surface area contributed by atoms with Crippen LogP contribution in [0.1, 0.15) is 28.1 Å². The second kappa shape index (κ2) is 3.69. The molecule has 5 nitrogen and oxygen atoms in total. The normalized spacial score (nSPS) is 12.2. The zero-order chi connectivity index (χ0) is 12.8. The predicted octanol–water partition coefficient (Wildman–Crippen LogP) is 2.07. The molecule has 2 aromatic rings. The smallest absolute Gasteiger partial charge is 0.435 e. The van der Waals surface area contributed by atoms with Gasteiger partial charge in [0.15, 0.2) is 11.4 Å². The van der Waals surface area contributed by atoms with Crippen molar-refractivity contribution in [1.82, 2.24) is 14.6 Å². The zero-order valence-electron chi connectivity index (χ0n) is 8.45. The fourth-order valence-corrected chi connectivity index (χ4v) is 2.15. The highest BCUT2D eigenvalue weighted by molar-refractivity contribution is 7.16. The summed E-state index contributed by atoms with van der Waals surface area (Å²) in [7, 11) is 0. The summed E-state index contributed by atoms with van der Waals surface area (Å²) in [6.07, 6.45) is -4.29. The number of halogens is 3. The molecule has 2 aromatic heterocycles. The standard InChI is InChI=1S/C8H6F3N3O2S/c1-2-3-13-14-4(6(15)16)5(8(9,10)11)12-7(14)17-3/h2H2,1H3,(H,15,16). The number of hydrogen-bond donors (Lipinski definition) is 1. The summed E-state index contributed by atoms with van der Waals surface area (Å²) in [5.41, 5.74) is -2.35. The lowest BCUT2D eigenvalue weighted by molar-refractivity contribution is -0.141. The summed E-state index contributed by atoms with van der Waals surface area (Å²) in [5.74, 6) is -1.70. The Morgan fingerprint density at radius 1 is 1.53 bits per heavy atom. The van der Waals surface area contributed by atoms with E-state index < -0.39 is 23.5 Å². The lowest BCUT2D eigenvalue weighted by Crippen LogP contribution is -2.14. The van der Waals surface area contributed by atoms with Crippen LogP contribution in [0.15, 0.2) is 0 Å². The van der Waals surface area contributed by atoms with E-state index in [0.717, 1.165) is 15.9 Å². The van der Waals surface area contributed by atoms with Crippen molar-refractivity contribution >= 4 is 22.3 Å². The van der Waals surface area contributed by atoms with E-state index in [1.165, 1.54) is 0 Å². The predicted molar refractivity (Wildman–Crippen MR) is 52.2 cm³/mol. The zero-order valence-corrected chi connectivity index (χ0v) is 9.26. The number of fused-ring (bicyclic) bond motifs is 1. The molecule has 0 aliphatic heterocycles. The quantitative estimate of drug-likeness (QED) is 0.902. The highest BCUT2D eigenvalue weighted by Crippen LogP contribution is 2.33. The van der Waals surface area contributed by atoms with Crippen molar-refractivity contribution in [2.75, 3.05) is 0 Å². The Balaban J connectivity index is 2.74. The first-order valence-corrected chi connectivity index (χ1v) is 5.35. The molecule has 2 rings (SSSR count). The molecule has 0 bridgehead atoms. The van der Waals surface area contributed by atoms with Crippen molar-refractivity contribution in [3.8, 4) is 0 Å². The summed E-state index contributed by atoms with van der Waals surface area (Å²) in [6.45, 7) is 1.77. The van der Waals surface area contributed by atoms with Crippen molar-refractivity contribution in [3.05, 3.63) is 16.4 Å². The van der Waals surface area contributed by atoms with Crippen LogP contribution in [0.5, 0.6) is 0 Å². The lowest BCUT2D eigenvalue weighted by Gasteiger charge is -2.02. The summed E-state index contributed by atoms with van der Waals surface area (Å²) in [5, 5.41) is 13.1. The topological polar surface area (TPSA) is 67.5 Å². The van der Waals surface area contributed by atoms with Gasteiger partial charge >= 0.3 is 12.1 Å². The molecule has 0 saturated heterocycles. The number of aryl methyl sites for hydroxylation is 1. The Hall–Kier alpha value is -1.64. The molecule has 0 aromatic carbocycles. The summed E-state index contributed by atoms with van der Waals surface area (Å²) in [4.78, 5) is 14.1. The van der Waals surface area contributed by atoms with E-state index in [0.29, 0.717) is 11.4 Å². The molecule has 0 unspecified atom stereocenters. The van der Waals surface area contributed by atoms with Gasteiger partial charge in [0.1, 0.15) is 5.01 Å². The van der Waals surface area contributed by atoms with Gasteiger partial charge < -0.3 is 5.11 Å². The van der Waals surface area contributed by atoms with Crippen LogP contribution in [-0.2, 0) is 12.6 Å². The molecule has 1 N–H and O–H groups in total. The van der Waals surface area contributed by atoms with E-state index in [1.54, 1.807) is 6.92 Å². The van der Waals surface area contributed by atoms with Crippen LogP contribution in [0.25, 0.3) is 4.96 Å². The average Bonchev–Trinajstić information content (AvgIpc) is 2.70. The summed E-state index contributed by atoms with van der Waals surface area (Å²) >= 11 is 0.943. The van der Waals surface area contributed by atoms with E-state index in [1.807, 2.05) is 0 Å². The Bertz CT molecular complexity index is 587. The van der Waals surface area contributed by atoms with Crippen molar-refractivity contribution in [2.45, 2.75) is 19.5 Å². The molecule has 92 valence electrons. The minimum atomic E-state index is -4.80. The maximum atomic E-state index is 12.5. The second-order valence-corrected chi connectivity index (χ2v) is 4.20. The number of hydrogen-bond acceptors (Lipinski definition) is 4. The maximum Gasteiger partial charge on any atom is 0.435 e. The molecule has 0 aliphatic rings. The first kappa shape index (κ1) is 11.8. The van der Waals surface area contributed by atoms with E-state index in [2.05, 4.69) is 10.1 Å². The van der Waals surface area contributed by atoms with Crippen molar-refractivity contribution in [2.24, 2.45) is 0 Å². The SMILES string of the molecule is CCc1nn2c(C(=O)O)c(C(F)(F)F)nc2s1. The Morgan fingerprint density at radius 3 is 2.65 bits per heavy atom. The van der Waals surface area contributed by atoms with E-state index in [4.69, 9.17) is 5.11 Å². The lowest BCUT2D eigenvalue weighted by atomic mass is 10.3. The number of alkyl halides is 3. The van der Waals surface area contributed by atoms with Crippen molar-refractivity contribution in [1.29, 1.82) is 0 Å². The molecular formula is C8H6F3N3O2S. The number of nitrogens with zero attached hydrogens (tertiary/aromatic N) is 3. The van der Waals surface area contributed by atoms with Gasteiger partial charge in [-0.2, -0.15) is 22.8 Å². The van der Waals surface area contributed by atoms with Gasteiger partial charge in [-0.15, -0.1) is 0 Å². The fraction of sp³-hybridized carbons (Fsp3) is 0.375. The monoisotopic (exact) mass is 265 g/mol. The van der Waals surface area contributed by atoms with Gasteiger partial charge in [-0.1, -0.05) is 18.3 Å². The fourth-order valence-electron chi connectivity index (χ4n) is 1.32. The average molecular weight is 265 g/mol. The molecule has 0 radical (unpaired) electrons. The molecular weight excluding hydrogens is 259 g/mol.